The third kappa shape index (κ3) is 4.10. The molecule has 5 atom stereocenters. The fraction of sp³-hybridized carbons (Fsp3) is 0.467. The second kappa shape index (κ2) is 7.65. The van der Waals surface area contributed by atoms with E-state index in [0.29, 0.717) is 0 Å². The van der Waals surface area contributed by atoms with Gasteiger partial charge in [-0.05, 0) is 5.56 Å². The van der Waals surface area contributed by atoms with Crippen LogP contribution in [0.4, 0.5) is 0 Å². The molecule has 0 saturated carbocycles. The summed E-state index contributed by atoms with van der Waals surface area (Å²) in [7, 11) is 0. The monoisotopic (exact) mass is 296 g/mol. The average Bonchev–Trinajstić information content (AvgIpc) is 2.52. The number of aliphatic hydroxyl groups excluding tert-OH is 4. The lowest BCUT2D eigenvalue weighted by atomic mass is 9.99. The first-order valence-corrected chi connectivity index (χ1v) is 6.77. The molecule has 0 aliphatic carbocycles. The summed E-state index contributed by atoms with van der Waals surface area (Å²) in [6.07, 6.45) is -2.61. The molecule has 0 spiro atoms. The molecule has 1 aromatic carbocycles. The van der Waals surface area contributed by atoms with Gasteiger partial charge in [0.1, 0.15) is 24.4 Å². The van der Waals surface area contributed by atoms with Gasteiger partial charge in [0.2, 0.25) is 0 Å². The molecular weight excluding hydrogens is 276 g/mol. The van der Waals surface area contributed by atoms with Gasteiger partial charge in [-0.15, -0.1) is 0 Å². The van der Waals surface area contributed by atoms with E-state index in [1.807, 2.05) is 36.4 Å². The Hall–Kier alpha value is -1.28. The summed E-state index contributed by atoms with van der Waals surface area (Å²) in [4.78, 5) is 0. The molecule has 0 bridgehead atoms. The molecule has 4 N–H and O–H groups in total. The van der Waals surface area contributed by atoms with Crippen LogP contribution in [0, 0.1) is 0 Å². The van der Waals surface area contributed by atoms with Crippen molar-refractivity contribution in [2.24, 2.45) is 0 Å². The first kappa shape index (κ1) is 16.1. The van der Waals surface area contributed by atoms with Crippen molar-refractivity contribution in [3.05, 3.63) is 42.0 Å². The Kier molecular flexibility index (Phi) is 5.86. The van der Waals surface area contributed by atoms with E-state index in [1.54, 1.807) is 6.08 Å². The third-order valence-electron chi connectivity index (χ3n) is 3.32. The summed E-state index contributed by atoms with van der Waals surface area (Å²) in [6, 6.07) is 9.62. The standard InChI is InChI=1S/C15H20O6/c16-9-11-12(17)13(18)14(19)15(21-11)20-8-4-7-10-5-2-1-3-6-10/h1-7,11-19H,8-9H2/b7-4+/t11?,12?,13-,14?,15?/m1/s1. The van der Waals surface area contributed by atoms with Crippen LogP contribution in [0.15, 0.2) is 36.4 Å². The summed E-state index contributed by atoms with van der Waals surface area (Å²) in [5.41, 5.74) is 1.01. The summed E-state index contributed by atoms with van der Waals surface area (Å²) in [5.74, 6) is 0. The van der Waals surface area contributed by atoms with Gasteiger partial charge in [0.25, 0.3) is 0 Å². The zero-order chi connectivity index (χ0) is 15.2. The van der Waals surface area contributed by atoms with Crippen LogP contribution in [0.5, 0.6) is 0 Å². The maximum atomic E-state index is 9.77. The molecule has 0 amide bonds. The zero-order valence-electron chi connectivity index (χ0n) is 11.4. The fourth-order valence-electron chi connectivity index (χ4n) is 2.10. The van der Waals surface area contributed by atoms with Crippen LogP contribution in [-0.2, 0) is 9.47 Å². The molecule has 21 heavy (non-hydrogen) atoms. The second-order valence-electron chi connectivity index (χ2n) is 4.84. The van der Waals surface area contributed by atoms with Gasteiger partial charge < -0.3 is 29.9 Å². The average molecular weight is 296 g/mol. The molecule has 4 unspecified atom stereocenters. The van der Waals surface area contributed by atoms with Crippen LogP contribution in [0.3, 0.4) is 0 Å². The van der Waals surface area contributed by atoms with Crippen molar-refractivity contribution in [2.45, 2.75) is 30.7 Å². The van der Waals surface area contributed by atoms with Gasteiger partial charge in [-0.2, -0.15) is 0 Å². The largest absolute Gasteiger partial charge is 0.394 e. The van der Waals surface area contributed by atoms with Crippen LogP contribution in [-0.4, -0.2) is 64.3 Å². The summed E-state index contributed by atoms with van der Waals surface area (Å²) in [6.45, 7) is -0.303. The molecule has 6 heteroatoms. The van der Waals surface area contributed by atoms with Crippen molar-refractivity contribution in [3.63, 3.8) is 0 Å². The molecule has 0 aromatic heterocycles. The Balaban J connectivity index is 1.86. The van der Waals surface area contributed by atoms with Crippen molar-refractivity contribution in [1.82, 2.24) is 0 Å². The van der Waals surface area contributed by atoms with Gasteiger partial charge in [-0.1, -0.05) is 42.5 Å². The number of hydrogen-bond acceptors (Lipinski definition) is 6. The molecule has 2 rings (SSSR count). The highest BCUT2D eigenvalue weighted by Gasteiger charge is 2.43. The molecule has 1 aromatic rings. The molecule has 6 nitrogen and oxygen atoms in total. The highest BCUT2D eigenvalue weighted by atomic mass is 16.7. The lowest BCUT2D eigenvalue weighted by Gasteiger charge is -2.39. The smallest absolute Gasteiger partial charge is 0.187 e. The maximum absolute atomic E-state index is 9.77. The highest BCUT2D eigenvalue weighted by molar-refractivity contribution is 5.48. The first-order valence-electron chi connectivity index (χ1n) is 6.77. The van der Waals surface area contributed by atoms with Crippen molar-refractivity contribution >= 4 is 6.08 Å². The van der Waals surface area contributed by atoms with Crippen molar-refractivity contribution < 1.29 is 29.9 Å². The van der Waals surface area contributed by atoms with E-state index in [-0.39, 0.29) is 6.61 Å². The number of benzene rings is 1. The second-order valence-corrected chi connectivity index (χ2v) is 4.84. The summed E-state index contributed by atoms with van der Waals surface area (Å²) < 4.78 is 10.5. The van der Waals surface area contributed by atoms with E-state index < -0.39 is 37.3 Å². The van der Waals surface area contributed by atoms with Gasteiger partial charge >= 0.3 is 0 Å². The minimum Gasteiger partial charge on any atom is -0.394 e. The SMILES string of the molecule is OCC1OC(OC/C=C/c2ccccc2)C(O)[C@H](O)C1O. The highest BCUT2D eigenvalue weighted by Crippen LogP contribution is 2.21. The number of ether oxygens (including phenoxy) is 2. The van der Waals surface area contributed by atoms with Crippen molar-refractivity contribution in [1.29, 1.82) is 0 Å². The fourth-order valence-corrected chi connectivity index (χ4v) is 2.10. The van der Waals surface area contributed by atoms with Crippen LogP contribution in [0.25, 0.3) is 6.08 Å². The van der Waals surface area contributed by atoms with E-state index in [2.05, 4.69) is 0 Å². The van der Waals surface area contributed by atoms with Crippen molar-refractivity contribution in [3.8, 4) is 0 Å². The van der Waals surface area contributed by atoms with Gasteiger partial charge in [0, 0.05) is 0 Å². The maximum Gasteiger partial charge on any atom is 0.187 e. The third-order valence-corrected chi connectivity index (χ3v) is 3.32. The van der Waals surface area contributed by atoms with Gasteiger partial charge in [0.05, 0.1) is 13.2 Å². The van der Waals surface area contributed by atoms with Crippen molar-refractivity contribution in [2.75, 3.05) is 13.2 Å². The van der Waals surface area contributed by atoms with E-state index in [0.717, 1.165) is 5.56 Å². The van der Waals surface area contributed by atoms with Gasteiger partial charge in [0.15, 0.2) is 6.29 Å². The molecule has 0 radical (unpaired) electrons. The topological polar surface area (TPSA) is 99.4 Å². The molecule has 1 saturated heterocycles. The first-order chi connectivity index (χ1) is 10.1. The van der Waals surface area contributed by atoms with Crippen LogP contribution < -0.4 is 0 Å². The summed E-state index contributed by atoms with van der Waals surface area (Å²) >= 11 is 0. The minimum absolute atomic E-state index is 0.164. The molecular formula is C15H20O6. The van der Waals surface area contributed by atoms with Gasteiger partial charge in [-0.25, -0.2) is 0 Å². The van der Waals surface area contributed by atoms with Crippen LogP contribution in [0.2, 0.25) is 0 Å². The Morgan fingerprint density at radius 2 is 1.76 bits per heavy atom. The van der Waals surface area contributed by atoms with E-state index in [1.165, 1.54) is 0 Å². The number of rotatable bonds is 5. The normalized spacial score (nSPS) is 33.4. The van der Waals surface area contributed by atoms with Gasteiger partial charge in [-0.3, -0.25) is 0 Å². The molecule has 1 aliphatic heterocycles. The number of hydrogen-bond donors (Lipinski definition) is 4. The molecule has 1 heterocycles. The van der Waals surface area contributed by atoms with Crippen LogP contribution in [0.1, 0.15) is 5.56 Å². The van der Waals surface area contributed by atoms with E-state index in [9.17, 15) is 15.3 Å². The van der Waals surface area contributed by atoms with E-state index in [4.69, 9.17) is 14.6 Å². The van der Waals surface area contributed by atoms with Crippen LogP contribution >= 0.6 is 0 Å². The Bertz CT molecular complexity index is 447. The zero-order valence-corrected chi connectivity index (χ0v) is 11.4. The summed E-state index contributed by atoms with van der Waals surface area (Å²) in [5, 5.41) is 38.1. The molecule has 1 fully saturated rings. The Morgan fingerprint density at radius 3 is 2.43 bits per heavy atom. The number of aliphatic hydroxyl groups is 4. The van der Waals surface area contributed by atoms with E-state index >= 15 is 0 Å². The molecule has 116 valence electrons. The quantitative estimate of drug-likeness (QED) is 0.585. The lowest BCUT2D eigenvalue weighted by molar-refractivity contribution is -0.298. The predicted molar refractivity (Wildman–Crippen MR) is 75.2 cm³/mol. The Labute approximate surface area is 122 Å². The predicted octanol–water partition coefficient (Wildman–Crippen LogP) is -0.484. The Morgan fingerprint density at radius 1 is 1.05 bits per heavy atom. The minimum atomic E-state index is -1.42. The molecule has 1 aliphatic rings. The lowest BCUT2D eigenvalue weighted by Crippen LogP contribution is -2.59.